The first-order valence-electron chi connectivity index (χ1n) is 6.20. The molecule has 0 bridgehead atoms. The van der Waals surface area contributed by atoms with Gasteiger partial charge in [0.25, 0.3) is 0 Å². The smallest absolute Gasteiger partial charge is 0.193 e. The summed E-state index contributed by atoms with van der Waals surface area (Å²) in [7, 11) is 1.56. The van der Waals surface area contributed by atoms with Crippen LogP contribution in [0.25, 0.3) is 4.96 Å². The number of hydrogen-bond acceptors (Lipinski definition) is 5. The molecule has 3 aromatic rings. The molecule has 2 aromatic heterocycles. The number of nitrogens with zero attached hydrogens (tertiary/aromatic N) is 2. The van der Waals surface area contributed by atoms with E-state index in [1.165, 1.54) is 0 Å². The largest absolute Gasteiger partial charge is 0.495 e. The molecule has 0 fully saturated rings. The predicted octanol–water partition coefficient (Wildman–Crippen LogP) is 2.26. The third-order valence-corrected chi connectivity index (χ3v) is 4.00. The summed E-state index contributed by atoms with van der Waals surface area (Å²) in [4.78, 5) is 5.38. The molecule has 0 spiro atoms. The van der Waals surface area contributed by atoms with E-state index in [0.29, 0.717) is 23.4 Å². The maximum atomic E-state index is 10.4. The van der Waals surface area contributed by atoms with Crippen LogP contribution >= 0.6 is 11.3 Å². The molecular weight excluding hydrogens is 274 g/mol. The number of nitrogens with two attached hydrogens (primary N) is 1. The second-order valence-corrected chi connectivity index (χ2v) is 5.38. The summed E-state index contributed by atoms with van der Waals surface area (Å²) in [5.41, 5.74) is 7.98. The van der Waals surface area contributed by atoms with Crippen molar-refractivity contribution in [1.82, 2.24) is 9.38 Å². The lowest BCUT2D eigenvalue weighted by Crippen LogP contribution is -2.06. The molecule has 20 heavy (non-hydrogen) atoms. The molecule has 2 heterocycles. The maximum Gasteiger partial charge on any atom is 0.193 e. The minimum absolute atomic E-state index is 0.422. The number of fused-ring (bicyclic) bond motifs is 1. The van der Waals surface area contributed by atoms with Gasteiger partial charge in [-0.2, -0.15) is 0 Å². The molecule has 0 amide bonds. The van der Waals surface area contributed by atoms with Gasteiger partial charge in [-0.15, -0.1) is 11.3 Å². The van der Waals surface area contributed by atoms with Crippen LogP contribution < -0.4 is 10.5 Å². The van der Waals surface area contributed by atoms with Crippen LogP contribution in [0.3, 0.4) is 0 Å². The van der Waals surface area contributed by atoms with Crippen LogP contribution in [0.2, 0.25) is 0 Å². The fourth-order valence-electron chi connectivity index (χ4n) is 2.21. The molecule has 1 unspecified atom stereocenters. The van der Waals surface area contributed by atoms with Gasteiger partial charge in [-0.3, -0.25) is 4.40 Å². The predicted molar refractivity (Wildman–Crippen MR) is 79.1 cm³/mol. The highest BCUT2D eigenvalue weighted by Gasteiger charge is 2.16. The van der Waals surface area contributed by atoms with Crippen molar-refractivity contribution in [3.05, 3.63) is 47.2 Å². The zero-order valence-corrected chi connectivity index (χ0v) is 11.8. The van der Waals surface area contributed by atoms with Crippen LogP contribution in [0.1, 0.15) is 17.4 Å². The van der Waals surface area contributed by atoms with Crippen LogP contribution in [0.5, 0.6) is 5.75 Å². The lowest BCUT2D eigenvalue weighted by molar-refractivity contribution is 0.178. The van der Waals surface area contributed by atoms with Gasteiger partial charge in [0.15, 0.2) is 4.96 Å². The highest BCUT2D eigenvalue weighted by Crippen LogP contribution is 2.31. The summed E-state index contributed by atoms with van der Waals surface area (Å²) in [5, 5.41) is 12.3. The van der Waals surface area contributed by atoms with Gasteiger partial charge in [0.2, 0.25) is 0 Å². The van der Waals surface area contributed by atoms with E-state index in [9.17, 15) is 5.11 Å². The molecule has 0 aliphatic heterocycles. The maximum absolute atomic E-state index is 10.4. The highest BCUT2D eigenvalue weighted by molar-refractivity contribution is 7.15. The molecule has 0 saturated heterocycles. The Morgan fingerprint density at radius 2 is 2.35 bits per heavy atom. The first-order chi connectivity index (χ1) is 9.69. The third kappa shape index (κ3) is 2.23. The zero-order valence-electron chi connectivity index (χ0n) is 11.0. The number of imidazole rings is 1. The van der Waals surface area contributed by atoms with Crippen molar-refractivity contribution in [2.75, 3.05) is 12.8 Å². The molecule has 0 radical (unpaired) electrons. The number of ether oxygens (including phenoxy) is 1. The van der Waals surface area contributed by atoms with Gasteiger partial charge in [-0.25, -0.2) is 4.98 Å². The number of anilines is 1. The number of benzene rings is 1. The van der Waals surface area contributed by atoms with E-state index in [0.717, 1.165) is 10.7 Å². The summed E-state index contributed by atoms with van der Waals surface area (Å²) in [5.74, 6) is 0.576. The lowest BCUT2D eigenvalue weighted by atomic mass is 10.0. The van der Waals surface area contributed by atoms with Crippen LogP contribution in [0.4, 0.5) is 5.69 Å². The fourth-order valence-corrected chi connectivity index (χ4v) is 2.93. The van der Waals surface area contributed by atoms with Crippen LogP contribution in [-0.4, -0.2) is 21.6 Å². The van der Waals surface area contributed by atoms with Gasteiger partial charge in [-0.05, 0) is 6.07 Å². The van der Waals surface area contributed by atoms with E-state index in [1.807, 2.05) is 28.2 Å². The lowest BCUT2D eigenvalue weighted by Gasteiger charge is -2.14. The normalized spacial score (nSPS) is 12.7. The van der Waals surface area contributed by atoms with E-state index < -0.39 is 6.10 Å². The second-order valence-electron chi connectivity index (χ2n) is 4.51. The summed E-state index contributed by atoms with van der Waals surface area (Å²) >= 11 is 1.57. The van der Waals surface area contributed by atoms with Gasteiger partial charge in [0.1, 0.15) is 5.75 Å². The molecule has 0 aliphatic carbocycles. The van der Waals surface area contributed by atoms with Crippen LogP contribution in [0.15, 0.2) is 36.0 Å². The molecular formula is C14H15N3O2S. The zero-order chi connectivity index (χ0) is 14.1. The van der Waals surface area contributed by atoms with Gasteiger partial charge < -0.3 is 15.6 Å². The van der Waals surface area contributed by atoms with E-state index in [4.69, 9.17) is 10.5 Å². The number of nitrogen functional groups attached to an aromatic ring is 1. The Bertz CT molecular complexity index is 706. The molecule has 1 atom stereocenters. The SMILES string of the molecule is COc1cccc(C(O)Cc2cn3ccsc3n2)c1N. The van der Waals surface area contributed by atoms with E-state index >= 15 is 0 Å². The molecule has 3 N–H and O–H groups in total. The van der Waals surface area contributed by atoms with Crippen molar-refractivity contribution in [2.45, 2.75) is 12.5 Å². The van der Waals surface area contributed by atoms with Crippen LogP contribution in [0, 0.1) is 0 Å². The first-order valence-corrected chi connectivity index (χ1v) is 7.08. The van der Waals surface area contributed by atoms with Crippen molar-refractivity contribution in [2.24, 2.45) is 0 Å². The number of aliphatic hydroxyl groups excluding tert-OH is 1. The Hall–Kier alpha value is -2.05. The minimum Gasteiger partial charge on any atom is -0.495 e. The number of aromatic nitrogens is 2. The molecule has 3 rings (SSSR count). The number of hydrogen-bond donors (Lipinski definition) is 2. The van der Waals surface area contributed by atoms with Gasteiger partial charge >= 0.3 is 0 Å². The first kappa shape index (κ1) is 13.0. The van der Waals surface area contributed by atoms with Crippen LogP contribution in [-0.2, 0) is 6.42 Å². The average molecular weight is 289 g/mol. The Balaban J connectivity index is 1.85. The van der Waals surface area contributed by atoms with Crippen molar-refractivity contribution in [3.63, 3.8) is 0 Å². The highest BCUT2D eigenvalue weighted by atomic mass is 32.1. The van der Waals surface area contributed by atoms with E-state index in [2.05, 4.69) is 4.98 Å². The topological polar surface area (TPSA) is 72.8 Å². The molecule has 0 saturated carbocycles. The van der Waals surface area contributed by atoms with E-state index in [1.54, 1.807) is 30.6 Å². The standard InChI is InChI=1S/C14H15N3O2S/c1-19-12-4-2-3-10(13(12)15)11(18)7-9-8-17-5-6-20-14(17)16-9/h2-6,8,11,18H,7,15H2,1H3. The Kier molecular flexibility index (Phi) is 3.33. The van der Waals surface area contributed by atoms with Gasteiger partial charge in [0, 0.05) is 29.8 Å². The Morgan fingerprint density at radius 3 is 3.10 bits per heavy atom. The summed E-state index contributed by atoms with van der Waals surface area (Å²) in [6.45, 7) is 0. The third-order valence-electron chi connectivity index (χ3n) is 3.22. The quantitative estimate of drug-likeness (QED) is 0.723. The molecule has 6 heteroatoms. The van der Waals surface area contributed by atoms with Crippen molar-refractivity contribution in [1.29, 1.82) is 0 Å². The molecule has 104 valence electrons. The number of rotatable bonds is 4. The second kappa shape index (κ2) is 5.15. The molecule has 1 aromatic carbocycles. The average Bonchev–Trinajstić information content (AvgIpc) is 2.99. The summed E-state index contributed by atoms with van der Waals surface area (Å²) < 4.78 is 7.11. The number of thiazole rings is 1. The van der Waals surface area contributed by atoms with Crippen molar-refractivity contribution >= 4 is 22.0 Å². The monoisotopic (exact) mass is 289 g/mol. The van der Waals surface area contributed by atoms with Crippen molar-refractivity contribution < 1.29 is 9.84 Å². The Morgan fingerprint density at radius 1 is 1.50 bits per heavy atom. The summed E-state index contributed by atoms with van der Waals surface area (Å²) in [6.07, 6.45) is 3.59. The number of aliphatic hydroxyl groups is 1. The van der Waals surface area contributed by atoms with Crippen molar-refractivity contribution in [3.8, 4) is 5.75 Å². The Labute approximate surface area is 120 Å². The summed E-state index contributed by atoms with van der Waals surface area (Å²) in [6, 6.07) is 5.40. The molecule has 0 aliphatic rings. The minimum atomic E-state index is -0.699. The molecule has 5 nitrogen and oxygen atoms in total. The number of para-hydroxylation sites is 1. The van der Waals surface area contributed by atoms with Gasteiger partial charge in [-0.1, -0.05) is 12.1 Å². The van der Waals surface area contributed by atoms with E-state index in [-0.39, 0.29) is 0 Å². The number of methoxy groups -OCH3 is 1. The van der Waals surface area contributed by atoms with Gasteiger partial charge in [0.05, 0.1) is 24.6 Å². The fraction of sp³-hybridized carbons (Fsp3) is 0.214.